The van der Waals surface area contributed by atoms with Crippen LogP contribution in [0.3, 0.4) is 0 Å². The van der Waals surface area contributed by atoms with Gasteiger partial charge in [-0.3, -0.25) is 0 Å². The first-order chi connectivity index (χ1) is 12.2. The average molecular weight is 358 g/mol. The summed E-state index contributed by atoms with van der Waals surface area (Å²) in [5.74, 6) is 0. The van der Waals surface area contributed by atoms with Crippen molar-refractivity contribution in [3.05, 3.63) is 28.7 Å². The highest BCUT2D eigenvalue weighted by Crippen LogP contribution is 2.50. The number of hydrogen-bond donors (Lipinski definition) is 0. The lowest BCUT2D eigenvalue weighted by molar-refractivity contribution is 0.301. The van der Waals surface area contributed by atoms with E-state index in [1.807, 2.05) is 23.9 Å². The molecule has 1 saturated heterocycles. The van der Waals surface area contributed by atoms with E-state index in [1.165, 1.54) is 63.1 Å². The van der Waals surface area contributed by atoms with Crippen LogP contribution >= 0.6 is 11.8 Å². The molecule has 3 fully saturated rings. The van der Waals surface area contributed by atoms with Crippen LogP contribution in [0.4, 0.5) is 11.4 Å². The van der Waals surface area contributed by atoms with E-state index in [0.717, 1.165) is 17.7 Å². The lowest BCUT2D eigenvalue weighted by Gasteiger charge is -2.27. The minimum Gasteiger partial charge on any atom is -0.347 e. The number of aryl methyl sites for hydroxylation is 1. The molecule has 3 aliphatic rings. The Bertz CT molecular complexity index is 676. The third-order valence-corrected chi connectivity index (χ3v) is 7.54. The van der Waals surface area contributed by atoms with Gasteiger partial charge in [-0.15, -0.1) is 4.91 Å². The van der Waals surface area contributed by atoms with Gasteiger partial charge < -0.3 is 4.90 Å². The number of nitrogens with zero attached hydrogens (tertiary/aromatic N) is 3. The van der Waals surface area contributed by atoms with Crippen molar-refractivity contribution in [3.63, 3.8) is 0 Å². The van der Waals surface area contributed by atoms with E-state index in [2.05, 4.69) is 17.0 Å². The standard InChI is InChI=1S/C20H27N3OS/c1-2-15-13-16(22-24)9-10-18(15)21-19-23(17-7-3-4-8-17)14-20(25-19)11-5-6-12-20/h9-10,13,17H,2-8,11-12,14H2,1H3. The topological polar surface area (TPSA) is 45.0 Å². The molecule has 1 aromatic rings. The van der Waals surface area contributed by atoms with E-state index in [-0.39, 0.29) is 0 Å². The Kier molecular flexibility index (Phi) is 4.85. The fourth-order valence-electron chi connectivity index (χ4n) is 4.65. The third-order valence-electron chi connectivity index (χ3n) is 6.06. The summed E-state index contributed by atoms with van der Waals surface area (Å²) in [6.07, 6.45) is 11.6. The van der Waals surface area contributed by atoms with Crippen LogP contribution in [0.1, 0.15) is 63.9 Å². The Morgan fingerprint density at radius 3 is 2.64 bits per heavy atom. The second-order valence-electron chi connectivity index (χ2n) is 7.71. The molecular weight excluding hydrogens is 330 g/mol. The monoisotopic (exact) mass is 357 g/mol. The van der Waals surface area contributed by atoms with Gasteiger partial charge in [0.05, 0.1) is 5.69 Å². The Labute approximate surface area is 154 Å². The number of aliphatic imine (C=N–C) groups is 1. The Hall–Kier alpha value is -1.36. The molecule has 0 amide bonds. The van der Waals surface area contributed by atoms with Crippen LogP contribution in [0.15, 0.2) is 28.4 Å². The van der Waals surface area contributed by atoms with Crippen molar-refractivity contribution in [2.45, 2.75) is 75.5 Å². The van der Waals surface area contributed by atoms with E-state index >= 15 is 0 Å². The highest BCUT2D eigenvalue weighted by atomic mass is 32.2. The van der Waals surface area contributed by atoms with Crippen molar-refractivity contribution in [2.24, 2.45) is 10.2 Å². The summed E-state index contributed by atoms with van der Waals surface area (Å²) in [5, 5.41) is 4.29. The van der Waals surface area contributed by atoms with Crippen molar-refractivity contribution in [2.75, 3.05) is 6.54 Å². The summed E-state index contributed by atoms with van der Waals surface area (Å²) >= 11 is 2.03. The molecule has 5 heteroatoms. The normalized spacial score (nSPS) is 24.7. The molecule has 1 aromatic carbocycles. The summed E-state index contributed by atoms with van der Waals surface area (Å²) in [4.78, 5) is 18.6. The molecule has 0 radical (unpaired) electrons. The lowest BCUT2D eigenvalue weighted by Crippen LogP contribution is -2.37. The maximum atomic E-state index is 10.8. The smallest absolute Gasteiger partial charge is 0.165 e. The van der Waals surface area contributed by atoms with Gasteiger partial charge in [0.2, 0.25) is 0 Å². The Balaban J connectivity index is 1.68. The van der Waals surface area contributed by atoms with Crippen LogP contribution in [-0.4, -0.2) is 27.4 Å². The van der Waals surface area contributed by atoms with Crippen molar-refractivity contribution < 1.29 is 0 Å². The van der Waals surface area contributed by atoms with E-state index in [0.29, 0.717) is 16.5 Å². The van der Waals surface area contributed by atoms with Crippen LogP contribution < -0.4 is 0 Å². The molecule has 4 rings (SSSR count). The predicted octanol–water partition coefficient (Wildman–Crippen LogP) is 5.94. The van der Waals surface area contributed by atoms with Gasteiger partial charge in [0, 0.05) is 17.3 Å². The average Bonchev–Trinajstić information content (AvgIpc) is 3.37. The van der Waals surface area contributed by atoms with E-state index < -0.39 is 0 Å². The Morgan fingerprint density at radius 2 is 1.96 bits per heavy atom. The molecule has 1 spiro atoms. The zero-order chi connectivity index (χ0) is 17.3. The third kappa shape index (κ3) is 3.35. The molecule has 2 saturated carbocycles. The minimum atomic E-state index is 0.401. The molecule has 0 bridgehead atoms. The lowest BCUT2D eigenvalue weighted by atomic mass is 10.1. The van der Waals surface area contributed by atoms with Gasteiger partial charge in [-0.25, -0.2) is 4.99 Å². The number of hydrogen-bond acceptors (Lipinski definition) is 4. The SMILES string of the molecule is CCc1cc(N=O)ccc1N=C1SC2(CCCC2)CN1C1CCCC1. The van der Waals surface area contributed by atoms with Gasteiger partial charge in [0.1, 0.15) is 5.69 Å². The summed E-state index contributed by atoms with van der Waals surface area (Å²) in [7, 11) is 0. The molecule has 0 aromatic heterocycles. The van der Waals surface area contributed by atoms with E-state index in [9.17, 15) is 4.91 Å². The largest absolute Gasteiger partial charge is 0.347 e. The molecule has 4 nitrogen and oxygen atoms in total. The highest BCUT2D eigenvalue weighted by Gasteiger charge is 2.46. The molecule has 0 unspecified atom stereocenters. The zero-order valence-electron chi connectivity index (χ0n) is 15.0. The van der Waals surface area contributed by atoms with Crippen LogP contribution in [0.25, 0.3) is 0 Å². The van der Waals surface area contributed by atoms with E-state index in [4.69, 9.17) is 4.99 Å². The fraction of sp³-hybridized carbons (Fsp3) is 0.650. The van der Waals surface area contributed by atoms with Crippen molar-refractivity contribution in [1.82, 2.24) is 4.90 Å². The van der Waals surface area contributed by atoms with Gasteiger partial charge in [-0.1, -0.05) is 44.4 Å². The first-order valence-corrected chi connectivity index (χ1v) is 10.6. The quantitative estimate of drug-likeness (QED) is 0.627. The van der Waals surface area contributed by atoms with Gasteiger partial charge in [0.25, 0.3) is 0 Å². The van der Waals surface area contributed by atoms with E-state index in [1.54, 1.807) is 6.07 Å². The summed E-state index contributed by atoms with van der Waals surface area (Å²) in [6.45, 7) is 3.29. The molecule has 0 N–H and O–H groups in total. The van der Waals surface area contributed by atoms with Gasteiger partial charge in [-0.2, -0.15) is 0 Å². The predicted molar refractivity (Wildman–Crippen MR) is 106 cm³/mol. The number of amidine groups is 1. The summed E-state index contributed by atoms with van der Waals surface area (Å²) < 4.78 is 0.401. The fourth-order valence-corrected chi connectivity index (χ4v) is 6.21. The van der Waals surface area contributed by atoms with Crippen LogP contribution in [-0.2, 0) is 6.42 Å². The molecule has 25 heavy (non-hydrogen) atoms. The van der Waals surface area contributed by atoms with Gasteiger partial charge in [0.15, 0.2) is 5.17 Å². The first-order valence-electron chi connectivity index (χ1n) is 9.74. The van der Waals surface area contributed by atoms with Crippen molar-refractivity contribution in [1.29, 1.82) is 0 Å². The second kappa shape index (κ2) is 7.10. The zero-order valence-corrected chi connectivity index (χ0v) is 15.9. The van der Waals surface area contributed by atoms with Crippen LogP contribution in [0.2, 0.25) is 0 Å². The highest BCUT2D eigenvalue weighted by molar-refractivity contribution is 8.15. The minimum absolute atomic E-state index is 0.401. The second-order valence-corrected chi connectivity index (χ2v) is 9.15. The maximum absolute atomic E-state index is 10.8. The number of thioether (sulfide) groups is 1. The number of benzene rings is 1. The van der Waals surface area contributed by atoms with Crippen molar-refractivity contribution >= 4 is 28.3 Å². The van der Waals surface area contributed by atoms with Gasteiger partial charge >= 0.3 is 0 Å². The van der Waals surface area contributed by atoms with Crippen LogP contribution in [0.5, 0.6) is 0 Å². The molecule has 0 atom stereocenters. The molecule has 1 heterocycles. The molecule has 134 valence electrons. The molecule has 2 aliphatic carbocycles. The van der Waals surface area contributed by atoms with Crippen molar-refractivity contribution in [3.8, 4) is 0 Å². The first kappa shape index (κ1) is 17.1. The van der Waals surface area contributed by atoms with Gasteiger partial charge in [-0.05, 0) is 61.0 Å². The summed E-state index contributed by atoms with van der Waals surface area (Å²) in [5.41, 5.74) is 2.62. The molecular formula is C20H27N3OS. The number of nitroso groups, excluding NO2 is 1. The summed E-state index contributed by atoms with van der Waals surface area (Å²) in [6, 6.07) is 6.32. The Morgan fingerprint density at radius 1 is 1.20 bits per heavy atom. The number of rotatable bonds is 4. The molecule has 1 aliphatic heterocycles. The maximum Gasteiger partial charge on any atom is 0.165 e. The van der Waals surface area contributed by atoms with Crippen LogP contribution in [0, 0.1) is 4.91 Å².